The van der Waals surface area contributed by atoms with Crippen LogP contribution >= 0.6 is 0 Å². The van der Waals surface area contributed by atoms with Gasteiger partial charge in [0.25, 0.3) is 5.56 Å². The maximum atomic E-state index is 12.9. The van der Waals surface area contributed by atoms with Crippen LogP contribution in [-0.4, -0.2) is 68.6 Å². The summed E-state index contributed by atoms with van der Waals surface area (Å²) in [5.74, 6) is 1.09. The SMILES string of the molecule is Cc1ccc(OC[C@@H](O)Cn2c(NCCN(C)C)nc3c2c(=O)n(C)c(=O)n3C)cc1C. The first kappa shape index (κ1) is 23.6. The summed E-state index contributed by atoms with van der Waals surface area (Å²) >= 11 is 0. The zero-order valence-corrected chi connectivity index (χ0v) is 19.5. The first-order chi connectivity index (χ1) is 15.1. The van der Waals surface area contributed by atoms with Crippen molar-refractivity contribution in [2.45, 2.75) is 26.5 Å². The third kappa shape index (κ3) is 4.86. The average Bonchev–Trinajstić information content (AvgIpc) is 3.09. The normalized spacial score (nSPS) is 12.5. The molecule has 0 aliphatic carbocycles. The number of ether oxygens (including phenoxy) is 1. The molecular weight excluding hydrogens is 412 g/mol. The van der Waals surface area contributed by atoms with E-state index in [9.17, 15) is 14.7 Å². The molecule has 0 aliphatic rings. The first-order valence-corrected chi connectivity index (χ1v) is 10.5. The third-order valence-electron chi connectivity index (χ3n) is 5.50. The molecule has 2 aromatic heterocycles. The number of aliphatic hydroxyl groups is 1. The smallest absolute Gasteiger partial charge is 0.332 e. The fraction of sp³-hybridized carbons (Fsp3) is 0.500. The molecule has 0 unspecified atom stereocenters. The van der Waals surface area contributed by atoms with Gasteiger partial charge in [0.05, 0.1) is 6.54 Å². The van der Waals surface area contributed by atoms with E-state index >= 15 is 0 Å². The highest BCUT2D eigenvalue weighted by atomic mass is 16.5. The molecule has 0 spiro atoms. The highest BCUT2D eigenvalue weighted by Crippen LogP contribution is 2.19. The van der Waals surface area contributed by atoms with Crippen LogP contribution in [0, 0.1) is 13.8 Å². The third-order valence-corrected chi connectivity index (χ3v) is 5.50. The number of nitrogens with one attached hydrogen (secondary N) is 1. The predicted octanol–water partition coefficient (Wildman–Crippen LogP) is 0.464. The van der Waals surface area contributed by atoms with E-state index in [2.05, 4.69) is 10.3 Å². The van der Waals surface area contributed by atoms with Crippen molar-refractivity contribution in [3.63, 3.8) is 0 Å². The van der Waals surface area contributed by atoms with Crippen LogP contribution in [0.5, 0.6) is 5.75 Å². The Bertz CT molecular complexity index is 1220. The fourth-order valence-electron chi connectivity index (χ4n) is 3.41. The van der Waals surface area contributed by atoms with E-state index in [0.29, 0.717) is 18.2 Å². The molecule has 1 aromatic carbocycles. The topological polar surface area (TPSA) is 107 Å². The number of aromatic nitrogens is 4. The van der Waals surface area contributed by atoms with Crippen molar-refractivity contribution in [2.75, 3.05) is 39.1 Å². The van der Waals surface area contributed by atoms with Crippen molar-refractivity contribution in [2.24, 2.45) is 14.1 Å². The van der Waals surface area contributed by atoms with E-state index in [-0.39, 0.29) is 24.3 Å². The number of aliphatic hydroxyl groups excluding tert-OH is 1. The van der Waals surface area contributed by atoms with Crippen molar-refractivity contribution < 1.29 is 9.84 Å². The summed E-state index contributed by atoms with van der Waals surface area (Å²) < 4.78 is 9.77. The van der Waals surface area contributed by atoms with Gasteiger partial charge in [-0.25, -0.2) is 4.79 Å². The molecule has 10 heteroatoms. The second-order valence-corrected chi connectivity index (χ2v) is 8.36. The van der Waals surface area contributed by atoms with Gasteiger partial charge in [0.15, 0.2) is 11.2 Å². The van der Waals surface area contributed by atoms with Crippen LogP contribution in [0.4, 0.5) is 5.95 Å². The number of rotatable bonds is 9. The van der Waals surface area contributed by atoms with Gasteiger partial charge in [-0.1, -0.05) is 6.07 Å². The summed E-state index contributed by atoms with van der Waals surface area (Å²) in [6.45, 7) is 5.49. The Hall–Kier alpha value is -3.11. The van der Waals surface area contributed by atoms with E-state index < -0.39 is 17.4 Å². The number of benzene rings is 1. The molecule has 174 valence electrons. The minimum atomic E-state index is -0.898. The minimum Gasteiger partial charge on any atom is -0.491 e. The van der Waals surface area contributed by atoms with E-state index in [1.165, 1.54) is 11.6 Å². The van der Waals surface area contributed by atoms with Crippen molar-refractivity contribution in [1.29, 1.82) is 0 Å². The van der Waals surface area contributed by atoms with Crippen molar-refractivity contribution in [1.82, 2.24) is 23.6 Å². The molecule has 2 heterocycles. The quantitative estimate of drug-likeness (QED) is 0.494. The number of anilines is 1. The molecule has 3 rings (SSSR count). The number of hydrogen-bond donors (Lipinski definition) is 2. The molecule has 3 aromatic rings. The first-order valence-electron chi connectivity index (χ1n) is 10.5. The highest BCUT2D eigenvalue weighted by Gasteiger charge is 2.21. The minimum absolute atomic E-state index is 0.0470. The summed E-state index contributed by atoms with van der Waals surface area (Å²) in [7, 11) is 6.92. The molecular formula is C22H32N6O4. The Morgan fingerprint density at radius 2 is 1.88 bits per heavy atom. The zero-order valence-electron chi connectivity index (χ0n) is 19.5. The lowest BCUT2D eigenvalue weighted by Crippen LogP contribution is -2.38. The molecule has 1 atom stereocenters. The van der Waals surface area contributed by atoms with Crippen LogP contribution in [0.3, 0.4) is 0 Å². The molecule has 0 radical (unpaired) electrons. The van der Waals surface area contributed by atoms with Crippen LogP contribution in [0.1, 0.15) is 11.1 Å². The lowest BCUT2D eigenvalue weighted by atomic mass is 10.1. The lowest BCUT2D eigenvalue weighted by Gasteiger charge is -2.17. The van der Waals surface area contributed by atoms with E-state index in [0.717, 1.165) is 22.2 Å². The standard InChI is InChI=1S/C22H32N6O4/c1-14-7-8-17(11-15(14)2)32-13-16(29)12-28-18-19(24-21(28)23-9-10-25(3)4)26(5)22(31)27(6)20(18)30/h7-8,11,16,29H,9-10,12-13H2,1-6H3,(H,23,24)/t16-/m0/s1. The maximum absolute atomic E-state index is 12.9. The second-order valence-electron chi connectivity index (χ2n) is 8.36. The number of imidazole rings is 1. The van der Waals surface area contributed by atoms with Gasteiger partial charge in [-0.2, -0.15) is 4.98 Å². The Morgan fingerprint density at radius 3 is 2.53 bits per heavy atom. The molecule has 0 saturated carbocycles. The van der Waals surface area contributed by atoms with Crippen molar-refractivity contribution in [3.8, 4) is 5.75 Å². The molecule has 32 heavy (non-hydrogen) atoms. The fourth-order valence-corrected chi connectivity index (χ4v) is 3.41. The Kier molecular flexibility index (Phi) is 7.05. The van der Waals surface area contributed by atoms with Gasteiger partial charge in [-0.3, -0.25) is 13.9 Å². The summed E-state index contributed by atoms with van der Waals surface area (Å²) in [5.41, 5.74) is 1.89. The maximum Gasteiger partial charge on any atom is 0.332 e. The largest absolute Gasteiger partial charge is 0.491 e. The van der Waals surface area contributed by atoms with E-state index in [1.54, 1.807) is 11.6 Å². The Labute approximate surface area is 186 Å². The monoisotopic (exact) mass is 444 g/mol. The van der Waals surface area contributed by atoms with Crippen molar-refractivity contribution >= 4 is 17.1 Å². The lowest BCUT2D eigenvalue weighted by molar-refractivity contribution is 0.0938. The van der Waals surface area contributed by atoms with Gasteiger partial charge in [-0.15, -0.1) is 0 Å². The zero-order chi connectivity index (χ0) is 23.6. The Morgan fingerprint density at radius 1 is 1.16 bits per heavy atom. The van der Waals surface area contributed by atoms with Crippen LogP contribution < -0.4 is 21.3 Å². The molecule has 10 nitrogen and oxygen atoms in total. The van der Waals surface area contributed by atoms with E-state index in [4.69, 9.17) is 4.74 Å². The number of aryl methyl sites for hydroxylation is 3. The van der Waals surface area contributed by atoms with Crippen molar-refractivity contribution in [3.05, 3.63) is 50.2 Å². The van der Waals surface area contributed by atoms with Gasteiger partial charge in [0.2, 0.25) is 5.95 Å². The van der Waals surface area contributed by atoms with Gasteiger partial charge in [0.1, 0.15) is 18.5 Å². The summed E-state index contributed by atoms with van der Waals surface area (Å²) in [5, 5.41) is 13.9. The van der Waals surface area contributed by atoms with Gasteiger partial charge < -0.3 is 24.6 Å². The highest BCUT2D eigenvalue weighted by molar-refractivity contribution is 5.74. The Balaban J connectivity index is 1.90. The van der Waals surface area contributed by atoms with Crippen LogP contribution in [-0.2, 0) is 20.6 Å². The summed E-state index contributed by atoms with van der Waals surface area (Å²) in [6, 6.07) is 5.76. The van der Waals surface area contributed by atoms with Crippen LogP contribution in [0.2, 0.25) is 0 Å². The number of nitrogens with zero attached hydrogens (tertiary/aromatic N) is 5. The van der Waals surface area contributed by atoms with E-state index in [1.807, 2.05) is 51.0 Å². The summed E-state index contributed by atoms with van der Waals surface area (Å²) in [4.78, 5) is 31.7. The van der Waals surface area contributed by atoms with Crippen LogP contribution in [0.15, 0.2) is 27.8 Å². The summed E-state index contributed by atoms with van der Waals surface area (Å²) in [6.07, 6.45) is -0.898. The van der Waals surface area contributed by atoms with Gasteiger partial charge >= 0.3 is 5.69 Å². The second kappa shape index (κ2) is 9.58. The molecule has 0 saturated heterocycles. The molecule has 0 amide bonds. The number of likely N-dealkylation sites (N-methyl/N-ethyl adjacent to an activating group) is 1. The van der Waals surface area contributed by atoms with Gasteiger partial charge in [0, 0.05) is 27.2 Å². The molecule has 2 N–H and O–H groups in total. The molecule has 0 fully saturated rings. The predicted molar refractivity (Wildman–Crippen MR) is 125 cm³/mol. The van der Waals surface area contributed by atoms with Crippen LogP contribution in [0.25, 0.3) is 11.2 Å². The number of fused-ring (bicyclic) bond motifs is 1. The molecule has 0 aliphatic heterocycles. The average molecular weight is 445 g/mol. The number of hydrogen-bond acceptors (Lipinski definition) is 7. The molecule has 0 bridgehead atoms. The van der Waals surface area contributed by atoms with Gasteiger partial charge in [-0.05, 0) is 51.2 Å².